The molecule has 33 heavy (non-hydrogen) atoms. The number of carbonyl (C=O) groups excluding carboxylic acids is 1. The SMILES string of the molecule is COc1ccc(-c2cc(C(F)(F)F)n3nc(C(=O)O/N=C(\N)c4ccccc4)cc3n2)cc1. The number of aromatic nitrogens is 3. The molecular weight excluding hydrogens is 439 g/mol. The second-order valence-corrected chi connectivity index (χ2v) is 6.77. The van der Waals surface area contributed by atoms with Crippen LogP contribution in [0.4, 0.5) is 13.2 Å². The van der Waals surface area contributed by atoms with E-state index >= 15 is 0 Å². The van der Waals surface area contributed by atoms with E-state index in [0.717, 1.165) is 12.1 Å². The molecule has 4 aromatic rings. The molecule has 2 heterocycles. The lowest BCUT2D eigenvalue weighted by Crippen LogP contribution is -2.16. The number of ether oxygens (including phenoxy) is 1. The minimum Gasteiger partial charge on any atom is -0.497 e. The van der Waals surface area contributed by atoms with E-state index in [1.54, 1.807) is 54.6 Å². The number of methoxy groups -OCH3 is 1. The molecule has 0 saturated heterocycles. The average Bonchev–Trinajstić information content (AvgIpc) is 3.26. The van der Waals surface area contributed by atoms with Crippen LogP contribution in [-0.4, -0.2) is 33.5 Å². The van der Waals surface area contributed by atoms with Gasteiger partial charge in [-0.25, -0.2) is 14.3 Å². The fraction of sp³-hybridized carbons (Fsp3) is 0.0909. The summed E-state index contributed by atoms with van der Waals surface area (Å²) in [5.41, 5.74) is 5.02. The number of nitrogens with zero attached hydrogens (tertiary/aromatic N) is 4. The molecule has 0 radical (unpaired) electrons. The van der Waals surface area contributed by atoms with Crippen molar-refractivity contribution in [3.63, 3.8) is 0 Å². The maximum absolute atomic E-state index is 13.7. The fourth-order valence-corrected chi connectivity index (χ4v) is 2.98. The van der Waals surface area contributed by atoms with Gasteiger partial charge in [-0.15, -0.1) is 0 Å². The molecule has 0 spiro atoms. The average molecular weight is 455 g/mol. The molecule has 0 aliphatic heterocycles. The molecule has 11 heteroatoms. The molecule has 0 unspecified atom stereocenters. The van der Waals surface area contributed by atoms with Crippen LogP contribution < -0.4 is 10.5 Å². The van der Waals surface area contributed by atoms with Gasteiger partial charge in [-0.1, -0.05) is 35.5 Å². The number of amidine groups is 1. The topological polar surface area (TPSA) is 104 Å². The lowest BCUT2D eigenvalue weighted by atomic mass is 10.1. The first-order chi connectivity index (χ1) is 15.8. The predicted octanol–water partition coefficient (Wildman–Crippen LogP) is 3.90. The van der Waals surface area contributed by atoms with E-state index in [2.05, 4.69) is 15.2 Å². The summed E-state index contributed by atoms with van der Waals surface area (Å²) in [4.78, 5) is 21.3. The Balaban J connectivity index is 1.70. The molecular formula is C22H16F3N5O3. The molecule has 2 aromatic heterocycles. The minimum absolute atomic E-state index is 0.0450. The van der Waals surface area contributed by atoms with Gasteiger partial charge in [-0.3, -0.25) is 0 Å². The zero-order chi connectivity index (χ0) is 23.6. The van der Waals surface area contributed by atoms with E-state index in [1.807, 2.05) is 0 Å². The van der Waals surface area contributed by atoms with Gasteiger partial charge >= 0.3 is 12.1 Å². The summed E-state index contributed by atoms with van der Waals surface area (Å²) in [5, 5.41) is 7.26. The quantitative estimate of drug-likeness (QED) is 0.212. The van der Waals surface area contributed by atoms with Crippen LogP contribution in [0.15, 0.2) is 71.9 Å². The van der Waals surface area contributed by atoms with E-state index in [4.69, 9.17) is 15.3 Å². The van der Waals surface area contributed by atoms with E-state index in [0.29, 0.717) is 21.4 Å². The van der Waals surface area contributed by atoms with Crippen molar-refractivity contribution >= 4 is 17.5 Å². The van der Waals surface area contributed by atoms with E-state index in [-0.39, 0.29) is 17.2 Å². The number of halogens is 3. The fourth-order valence-electron chi connectivity index (χ4n) is 2.98. The Labute approximate surface area is 185 Å². The van der Waals surface area contributed by atoms with Crippen LogP contribution in [0.1, 0.15) is 21.7 Å². The Morgan fingerprint density at radius 2 is 1.76 bits per heavy atom. The number of carbonyl (C=O) groups is 1. The molecule has 2 N–H and O–H groups in total. The Morgan fingerprint density at radius 3 is 2.39 bits per heavy atom. The molecule has 0 atom stereocenters. The predicted molar refractivity (Wildman–Crippen MR) is 113 cm³/mol. The van der Waals surface area contributed by atoms with E-state index in [1.165, 1.54) is 7.11 Å². The molecule has 0 bridgehead atoms. The number of fused-ring (bicyclic) bond motifs is 1. The summed E-state index contributed by atoms with van der Waals surface area (Å²) >= 11 is 0. The first-order valence-electron chi connectivity index (χ1n) is 9.49. The van der Waals surface area contributed by atoms with Crippen LogP contribution in [0.25, 0.3) is 16.9 Å². The number of nitrogens with two attached hydrogens (primary N) is 1. The number of benzene rings is 2. The highest BCUT2D eigenvalue weighted by molar-refractivity contribution is 5.98. The summed E-state index contributed by atoms with van der Waals surface area (Å²) in [5.74, 6) is -0.622. The molecule has 0 saturated carbocycles. The Hall–Kier alpha value is -4.41. The van der Waals surface area contributed by atoms with Gasteiger partial charge in [0.05, 0.1) is 12.8 Å². The highest BCUT2D eigenvalue weighted by Gasteiger charge is 2.35. The molecule has 0 aliphatic rings. The summed E-state index contributed by atoms with van der Waals surface area (Å²) in [6.07, 6.45) is -4.76. The summed E-state index contributed by atoms with van der Waals surface area (Å²) in [6.45, 7) is 0. The minimum atomic E-state index is -4.76. The van der Waals surface area contributed by atoms with E-state index < -0.39 is 23.5 Å². The zero-order valence-corrected chi connectivity index (χ0v) is 17.1. The Morgan fingerprint density at radius 1 is 1.06 bits per heavy atom. The van der Waals surface area contributed by atoms with Crippen LogP contribution in [-0.2, 0) is 11.0 Å². The lowest BCUT2D eigenvalue weighted by Gasteiger charge is -2.11. The van der Waals surface area contributed by atoms with Crippen molar-refractivity contribution in [3.8, 4) is 17.0 Å². The standard InChI is InChI=1S/C22H16F3N5O3/c1-32-15-9-7-13(8-10-15)16-11-18(22(23,24)25)30-19(27-16)12-17(28-30)21(31)33-29-20(26)14-5-3-2-4-6-14/h2-12H,1H3,(H2,26,29). The lowest BCUT2D eigenvalue weighted by molar-refractivity contribution is -0.142. The van der Waals surface area contributed by atoms with Gasteiger partial charge in [0.2, 0.25) is 0 Å². The van der Waals surface area contributed by atoms with Crippen molar-refractivity contribution in [3.05, 3.63) is 83.7 Å². The molecule has 0 amide bonds. The van der Waals surface area contributed by atoms with Crippen LogP contribution in [0.2, 0.25) is 0 Å². The van der Waals surface area contributed by atoms with Crippen LogP contribution in [0.3, 0.4) is 0 Å². The first kappa shape index (κ1) is 21.8. The molecule has 0 fully saturated rings. The van der Waals surface area contributed by atoms with Gasteiger partial charge < -0.3 is 15.3 Å². The summed E-state index contributed by atoms with van der Waals surface area (Å²) in [7, 11) is 1.48. The highest BCUT2D eigenvalue weighted by Crippen LogP contribution is 2.32. The molecule has 8 nitrogen and oxygen atoms in total. The van der Waals surface area contributed by atoms with Crippen molar-refractivity contribution in [1.82, 2.24) is 14.6 Å². The number of hydrogen-bond acceptors (Lipinski definition) is 6. The van der Waals surface area contributed by atoms with Crippen molar-refractivity contribution in [2.75, 3.05) is 7.11 Å². The van der Waals surface area contributed by atoms with Gasteiger partial charge in [0, 0.05) is 17.2 Å². The molecule has 168 valence electrons. The van der Waals surface area contributed by atoms with Crippen LogP contribution in [0.5, 0.6) is 5.75 Å². The largest absolute Gasteiger partial charge is 0.497 e. The Kier molecular flexibility index (Phi) is 5.69. The van der Waals surface area contributed by atoms with Gasteiger partial charge in [0.15, 0.2) is 22.9 Å². The number of rotatable bonds is 5. The first-order valence-corrected chi connectivity index (χ1v) is 9.49. The van der Waals surface area contributed by atoms with Crippen molar-refractivity contribution in [2.45, 2.75) is 6.18 Å². The molecule has 0 aliphatic carbocycles. The highest BCUT2D eigenvalue weighted by atomic mass is 19.4. The second kappa shape index (κ2) is 8.61. The van der Waals surface area contributed by atoms with Gasteiger partial charge in [-0.2, -0.15) is 18.3 Å². The van der Waals surface area contributed by atoms with Crippen molar-refractivity contribution in [1.29, 1.82) is 0 Å². The van der Waals surface area contributed by atoms with Gasteiger partial charge in [0.25, 0.3) is 0 Å². The van der Waals surface area contributed by atoms with Crippen molar-refractivity contribution in [2.24, 2.45) is 10.9 Å². The van der Waals surface area contributed by atoms with Crippen molar-refractivity contribution < 1.29 is 27.5 Å². The summed E-state index contributed by atoms with van der Waals surface area (Å²) in [6, 6.07) is 16.8. The number of hydrogen-bond donors (Lipinski definition) is 1. The van der Waals surface area contributed by atoms with Gasteiger partial charge in [0.1, 0.15) is 5.75 Å². The summed E-state index contributed by atoms with van der Waals surface area (Å²) < 4.78 is 46.8. The zero-order valence-electron chi connectivity index (χ0n) is 17.1. The van der Waals surface area contributed by atoms with Gasteiger partial charge in [-0.05, 0) is 30.3 Å². The third-order valence-electron chi connectivity index (χ3n) is 4.61. The normalized spacial score (nSPS) is 12.1. The third-order valence-corrected chi connectivity index (χ3v) is 4.61. The Bertz CT molecular complexity index is 1330. The maximum Gasteiger partial charge on any atom is 0.433 e. The number of oxime groups is 1. The monoisotopic (exact) mass is 455 g/mol. The van der Waals surface area contributed by atoms with Crippen LogP contribution >= 0.6 is 0 Å². The van der Waals surface area contributed by atoms with Crippen LogP contribution in [0, 0.1) is 0 Å². The van der Waals surface area contributed by atoms with E-state index in [9.17, 15) is 18.0 Å². The molecule has 4 rings (SSSR count). The second-order valence-electron chi connectivity index (χ2n) is 6.77. The third kappa shape index (κ3) is 4.61. The molecule has 2 aromatic carbocycles. The number of alkyl halides is 3. The maximum atomic E-state index is 13.7. The smallest absolute Gasteiger partial charge is 0.433 e.